The standard InChI is InChI=1S/C11H19NO2S/c1-5-11(3,4)12-7-9(6-10(12)14)15-8(2)13/h9H,5-7H2,1-4H3. The number of thioether (sulfide) groups is 1. The number of hydrogen-bond donors (Lipinski definition) is 0. The molecule has 1 saturated heterocycles. The van der Waals surface area contributed by atoms with Gasteiger partial charge in [0.2, 0.25) is 5.91 Å². The molecule has 1 unspecified atom stereocenters. The van der Waals surface area contributed by atoms with Crippen molar-refractivity contribution >= 4 is 22.8 Å². The topological polar surface area (TPSA) is 37.4 Å². The molecular weight excluding hydrogens is 210 g/mol. The van der Waals surface area contributed by atoms with E-state index in [0.29, 0.717) is 13.0 Å². The molecule has 15 heavy (non-hydrogen) atoms. The normalized spacial score (nSPS) is 22.3. The predicted molar refractivity (Wildman–Crippen MR) is 62.8 cm³/mol. The first-order valence-corrected chi connectivity index (χ1v) is 6.22. The first kappa shape index (κ1) is 12.6. The molecule has 1 aliphatic rings. The monoisotopic (exact) mass is 229 g/mol. The van der Waals surface area contributed by atoms with Crippen LogP contribution < -0.4 is 0 Å². The van der Waals surface area contributed by atoms with Crippen molar-refractivity contribution < 1.29 is 9.59 Å². The van der Waals surface area contributed by atoms with Gasteiger partial charge in [0, 0.05) is 30.7 Å². The van der Waals surface area contributed by atoms with Crippen LogP contribution in [0.4, 0.5) is 0 Å². The molecule has 86 valence electrons. The minimum Gasteiger partial charge on any atom is -0.336 e. The van der Waals surface area contributed by atoms with Crippen molar-refractivity contribution in [2.24, 2.45) is 0 Å². The summed E-state index contributed by atoms with van der Waals surface area (Å²) in [4.78, 5) is 24.6. The lowest BCUT2D eigenvalue weighted by molar-refractivity contribution is -0.132. The maximum absolute atomic E-state index is 11.8. The average molecular weight is 229 g/mol. The summed E-state index contributed by atoms with van der Waals surface area (Å²) in [5.74, 6) is 0.181. The van der Waals surface area contributed by atoms with Gasteiger partial charge in [-0.1, -0.05) is 18.7 Å². The van der Waals surface area contributed by atoms with Crippen LogP contribution in [0.2, 0.25) is 0 Å². The fourth-order valence-corrected chi connectivity index (χ4v) is 2.68. The fraction of sp³-hybridized carbons (Fsp3) is 0.818. The minimum atomic E-state index is -0.0802. The van der Waals surface area contributed by atoms with Crippen LogP contribution in [0.3, 0.4) is 0 Å². The molecule has 0 radical (unpaired) electrons. The Hall–Kier alpha value is -0.510. The van der Waals surface area contributed by atoms with E-state index in [2.05, 4.69) is 20.8 Å². The summed E-state index contributed by atoms with van der Waals surface area (Å²) in [6.07, 6.45) is 1.45. The molecule has 0 spiro atoms. The molecular formula is C11H19NO2S. The van der Waals surface area contributed by atoms with E-state index < -0.39 is 0 Å². The number of carbonyl (C=O) groups excluding carboxylic acids is 2. The first-order valence-electron chi connectivity index (χ1n) is 5.34. The van der Waals surface area contributed by atoms with E-state index in [1.807, 2.05) is 4.90 Å². The molecule has 1 heterocycles. The number of likely N-dealkylation sites (tertiary alicyclic amines) is 1. The summed E-state index contributed by atoms with van der Waals surface area (Å²) in [6, 6.07) is 0. The molecule has 1 aliphatic heterocycles. The molecule has 4 heteroatoms. The van der Waals surface area contributed by atoms with Gasteiger partial charge in [-0.2, -0.15) is 0 Å². The van der Waals surface area contributed by atoms with Gasteiger partial charge in [-0.3, -0.25) is 9.59 Å². The number of amides is 1. The Morgan fingerprint density at radius 2 is 2.20 bits per heavy atom. The quantitative estimate of drug-likeness (QED) is 0.743. The zero-order chi connectivity index (χ0) is 11.6. The predicted octanol–water partition coefficient (Wildman–Crippen LogP) is 2.06. The molecule has 0 N–H and O–H groups in total. The molecule has 3 nitrogen and oxygen atoms in total. The third-order valence-electron chi connectivity index (χ3n) is 3.02. The fourth-order valence-electron chi connectivity index (χ4n) is 1.76. The summed E-state index contributed by atoms with van der Waals surface area (Å²) < 4.78 is 0. The van der Waals surface area contributed by atoms with Crippen molar-refractivity contribution in [1.82, 2.24) is 4.90 Å². The number of carbonyl (C=O) groups is 2. The lowest BCUT2D eigenvalue weighted by atomic mass is 10.00. The molecule has 0 aromatic rings. The van der Waals surface area contributed by atoms with Crippen molar-refractivity contribution in [2.45, 2.75) is 51.3 Å². The van der Waals surface area contributed by atoms with E-state index in [0.717, 1.165) is 6.42 Å². The molecule has 0 aromatic carbocycles. The van der Waals surface area contributed by atoms with Gasteiger partial charge < -0.3 is 4.90 Å². The lowest BCUT2D eigenvalue weighted by Crippen LogP contribution is -2.44. The van der Waals surface area contributed by atoms with E-state index in [-0.39, 0.29) is 21.8 Å². The molecule has 1 amide bonds. The highest BCUT2D eigenvalue weighted by molar-refractivity contribution is 8.14. The highest BCUT2D eigenvalue weighted by Gasteiger charge is 2.38. The molecule has 0 saturated carbocycles. The van der Waals surface area contributed by atoms with Crippen LogP contribution in [0.15, 0.2) is 0 Å². The molecule has 0 aromatic heterocycles. The summed E-state index contributed by atoms with van der Waals surface area (Å²) in [6.45, 7) is 8.50. The zero-order valence-electron chi connectivity index (χ0n) is 9.87. The highest BCUT2D eigenvalue weighted by atomic mass is 32.2. The summed E-state index contributed by atoms with van der Waals surface area (Å²) in [7, 11) is 0. The van der Waals surface area contributed by atoms with Crippen molar-refractivity contribution in [3.8, 4) is 0 Å². The van der Waals surface area contributed by atoms with Gasteiger partial charge >= 0.3 is 0 Å². The Morgan fingerprint density at radius 1 is 1.60 bits per heavy atom. The maximum atomic E-state index is 11.8. The Labute approximate surface area is 95.6 Å². The van der Waals surface area contributed by atoms with Gasteiger partial charge in [-0.15, -0.1) is 0 Å². The van der Waals surface area contributed by atoms with Crippen LogP contribution in [-0.4, -0.2) is 33.3 Å². The van der Waals surface area contributed by atoms with Crippen molar-refractivity contribution in [3.05, 3.63) is 0 Å². The highest BCUT2D eigenvalue weighted by Crippen LogP contribution is 2.30. The molecule has 1 fully saturated rings. The second-order valence-corrected chi connectivity index (χ2v) is 6.08. The number of nitrogens with zero attached hydrogens (tertiary/aromatic N) is 1. The van der Waals surface area contributed by atoms with Crippen LogP contribution in [0, 0.1) is 0 Å². The molecule has 0 aliphatic carbocycles. The Kier molecular flexibility index (Phi) is 3.82. The van der Waals surface area contributed by atoms with Crippen molar-refractivity contribution in [2.75, 3.05) is 6.54 Å². The third kappa shape index (κ3) is 2.97. The lowest BCUT2D eigenvalue weighted by Gasteiger charge is -2.34. The molecule has 1 rings (SSSR count). The van der Waals surface area contributed by atoms with Gasteiger partial charge in [-0.05, 0) is 20.3 Å². The van der Waals surface area contributed by atoms with Gasteiger partial charge in [-0.25, -0.2) is 0 Å². The zero-order valence-corrected chi connectivity index (χ0v) is 10.7. The van der Waals surface area contributed by atoms with Gasteiger partial charge in [0.25, 0.3) is 0 Å². The summed E-state index contributed by atoms with van der Waals surface area (Å²) in [5, 5.41) is 0.254. The minimum absolute atomic E-state index is 0.0802. The molecule has 0 bridgehead atoms. The van der Waals surface area contributed by atoms with Gasteiger partial charge in [0.1, 0.15) is 0 Å². The van der Waals surface area contributed by atoms with Crippen LogP contribution >= 0.6 is 11.8 Å². The van der Waals surface area contributed by atoms with Crippen LogP contribution in [0.5, 0.6) is 0 Å². The largest absolute Gasteiger partial charge is 0.336 e. The first-order chi connectivity index (χ1) is 6.86. The SMILES string of the molecule is CCC(C)(C)N1CC(SC(C)=O)CC1=O. The smallest absolute Gasteiger partial charge is 0.224 e. The summed E-state index contributed by atoms with van der Waals surface area (Å²) >= 11 is 1.29. The maximum Gasteiger partial charge on any atom is 0.224 e. The van der Waals surface area contributed by atoms with Crippen molar-refractivity contribution in [3.63, 3.8) is 0 Å². The van der Waals surface area contributed by atoms with Crippen LogP contribution in [0.1, 0.15) is 40.5 Å². The van der Waals surface area contributed by atoms with Gasteiger partial charge in [0.05, 0.1) is 0 Å². The van der Waals surface area contributed by atoms with Crippen LogP contribution in [-0.2, 0) is 9.59 Å². The van der Waals surface area contributed by atoms with E-state index in [4.69, 9.17) is 0 Å². The Bertz CT molecular complexity index is 276. The Balaban J connectivity index is 2.64. The number of rotatable bonds is 3. The van der Waals surface area contributed by atoms with E-state index >= 15 is 0 Å². The van der Waals surface area contributed by atoms with Gasteiger partial charge in [0.15, 0.2) is 5.12 Å². The van der Waals surface area contributed by atoms with Crippen molar-refractivity contribution in [1.29, 1.82) is 0 Å². The van der Waals surface area contributed by atoms with E-state index in [9.17, 15) is 9.59 Å². The Morgan fingerprint density at radius 3 is 2.67 bits per heavy atom. The average Bonchev–Trinajstić information content (AvgIpc) is 2.46. The molecule has 1 atom stereocenters. The summed E-state index contributed by atoms with van der Waals surface area (Å²) in [5.41, 5.74) is -0.0802. The second kappa shape index (κ2) is 4.56. The third-order valence-corrected chi connectivity index (χ3v) is 4.00. The number of hydrogen-bond acceptors (Lipinski definition) is 3. The van der Waals surface area contributed by atoms with E-state index in [1.54, 1.807) is 6.92 Å². The van der Waals surface area contributed by atoms with E-state index in [1.165, 1.54) is 11.8 Å². The van der Waals surface area contributed by atoms with Crippen LogP contribution in [0.25, 0.3) is 0 Å². The second-order valence-electron chi connectivity index (χ2n) is 4.61.